The van der Waals surface area contributed by atoms with E-state index in [4.69, 9.17) is 5.21 Å². The lowest BCUT2D eigenvalue weighted by Gasteiger charge is -2.26. The van der Waals surface area contributed by atoms with Crippen molar-refractivity contribution in [3.05, 3.63) is 30.0 Å². The van der Waals surface area contributed by atoms with Crippen LogP contribution in [0.4, 0.5) is 0 Å². The third-order valence-electron chi connectivity index (χ3n) is 3.27. The third kappa shape index (κ3) is 1.46. The molecule has 0 radical (unpaired) electrons. The van der Waals surface area contributed by atoms with Gasteiger partial charge in [-0.1, -0.05) is 13.0 Å². The molecule has 0 fully saturated rings. The summed E-state index contributed by atoms with van der Waals surface area (Å²) in [6, 6.07) is 6.00. The van der Waals surface area contributed by atoms with Crippen molar-refractivity contribution >= 4 is 28.6 Å². The third-order valence-corrected chi connectivity index (χ3v) is 4.74. The number of hydrogen-bond donors (Lipinski definition) is 3. The number of benzene rings is 1. The molecule has 0 saturated carbocycles. The van der Waals surface area contributed by atoms with Crippen molar-refractivity contribution in [2.45, 2.75) is 23.0 Å². The van der Waals surface area contributed by atoms with Crippen molar-refractivity contribution in [2.24, 2.45) is 0 Å². The molecule has 1 aromatic carbocycles. The minimum absolute atomic E-state index is 0.0794. The van der Waals surface area contributed by atoms with Crippen molar-refractivity contribution in [3.8, 4) is 0 Å². The van der Waals surface area contributed by atoms with Crippen LogP contribution in [0.5, 0.6) is 0 Å². The van der Waals surface area contributed by atoms with Gasteiger partial charge in [0, 0.05) is 27.9 Å². The van der Waals surface area contributed by atoms with Crippen LogP contribution in [0.15, 0.2) is 29.3 Å². The van der Waals surface area contributed by atoms with E-state index in [0.717, 1.165) is 16.0 Å². The summed E-state index contributed by atoms with van der Waals surface area (Å²) in [4.78, 5) is 15.9. The lowest BCUT2D eigenvalue weighted by atomic mass is 9.96. The zero-order valence-electron chi connectivity index (χ0n) is 9.23. The van der Waals surface area contributed by atoms with Crippen LogP contribution in [-0.4, -0.2) is 21.3 Å². The smallest absolute Gasteiger partial charge is 0.257 e. The Morgan fingerprint density at radius 3 is 3.12 bits per heavy atom. The molecule has 2 aromatic rings. The Kier molecular flexibility index (Phi) is 2.38. The van der Waals surface area contributed by atoms with Crippen LogP contribution in [0.25, 0.3) is 10.9 Å². The minimum Gasteiger partial charge on any atom is -0.361 e. The largest absolute Gasteiger partial charge is 0.361 e. The van der Waals surface area contributed by atoms with Gasteiger partial charge in [-0.25, -0.2) is 5.48 Å². The normalized spacial score (nSPS) is 22.7. The molecule has 5 heteroatoms. The van der Waals surface area contributed by atoms with Crippen LogP contribution in [-0.2, 0) is 4.79 Å². The predicted octanol–water partition coefficient (Wildman–Crippen LogP) is 2.25. The number of hydrogen-bond acceptors (Lipinski definition) is 3. The van der Waals surface area contributed by atoms with Gasteiger partial charge in [-0.3, -0.25) is 10.0 Å². The molecule has 3 N–H and O–H groups in total. The number of H-pyrrole nitrogens is 1. The first-order valence-electron chi connectivity index (χ1n) is 5.43. The second kappa shape index (κ2) is 3.78. The van der Waals surface area contributed by atoms with Gasteiger partial charge in [0.05, 0.1) is 5.25 Å². The van der Waals surface area contributed by atoms with Crippen LogP contribution < -0.4 is 5.48 Å². The molecule has 1 amide bonds. The van der Waals surface area contributed by atoms with E-state index in [0.29, 0.717) is 0 Å². The number of thioether (sulfide) groups is 1. The van der Waals surface area contributed by atoms with Gasteiger partial charge in [-0.15, -0.1) is 11.8 Å². The van der Waals surface area contributed by atoms with E-state index in [-0.39, 0.29) is 17.1 Å². The van der Waals surface area contributed by atoms with Crippen molar-refractivity contribution < 1.29 is 10.0 Å². The maximum absolute atomic E-state index is 11.6. The van der Waals surface area contributed by atoms with E-state index >= 15 is 0 Å². The SMILES string of the molecule is CC1c2c[nH]c3cccc(c23)SC1C(=O)NO. The second-order valence-electron chi connectivity index (χ2n) is 4.23. The fourth-order valence-electron chi connectivity index (χ4n) is 2.38. The van der Waals surface area contributed by atoms with Gasteiger partial charge in [0.15, 0.2) is 0 Å². The molecule has 0 spiro atoms. The van der Waals surface area contributed by atoms with Crippen LogP contribution in [0.1, 0.15) is 18.4 Å². The molecule has 2 heterocycles. The number of amides is 1. The predicted molar refractivity (Wildman–Crippen MR) is 66.3 cm³/mol. The van der Waals surface area contributed by atoms with Gasteiger partial charge in [0.25, 0.3) is 5.91 Å². The summed E-state index contributed by atoms with van der Waals surface area (Å²) in [6.45, 7) is 2.01. The highest BCUT2D eigenvalue weighted by Crippen LogP contribution is 2.45. The average Bonchev–Trinajstić information content (AvgIpc) is 2.78. The maximum atomic E-state index is 11.6. The fourth-order valence-corrected chi connectivity index (χ4v) is 3.67. The number of aromatic amines is 1. The van der Waals surface area contributed by atoms with Crippen LogP contribution >= 0.6 is 11.8 Å². The van der Waals surface area contributed by atoms with Crippen LogP contribution in [0.2, 0.25) is 0 Å². The Hall–Kier alpha value is -1.46. The van der Waals surface area contributed by atoms with Crippen LogP contribution in [0, 0.1) is 0 Å². The van der Waals surface area contributed by atoms with E-state index < -0.39 is 0 Å². The quantitative estimate of drug-likeness (QED) is 0.535. The minimum atomic E-state index is -0.341. The topological polar surface area (TPSA) is 65.1 Å². The first kappa shape index (κ1) is 10.7. The highest BCUT2D eigenvalue weighted by atomic mass is 32.2. The summed E-state index contributed by atoms with van der Waals surface area (Å²) in [6.07, 6.45) is 1.95. The van der Waals surface area contributed by atoms with E-state index in [1.54, 1.807) is 5.48 Å². The number of hydroxylamine groups is 1. The Morgan fingerprint density at radius 2 is 2.35 bits per heavy atom. The summed E-state index contributed by atoms with van der Waals surface area (Å²) in [5, 5.41) is 9.69. The molecule has 0 saturated heterocycles. The van der Waals surface area contributed by atoms with Gasteiger partial charge in [-0.2, -0.15) is 0 Å². The van der Waals surface area contributed by atoms with Crippen molar-refractivity contribution in [1.82, 2.24) is 10.5 Å². The van der Waals surface area contributed by atoms with E-state index in [1.807, 2.05) is 31.3 Å². The molecule has 1 aromatic heterocycles. The second-order valence-corrected chi connectivity index (χ2v) is 5.41. The standard InChI is InChI=1S/C12H12N2O2S/c1-6-7-5-13-8-3-2-4-9(10(7)8)17-11(6)12(15)14-16/h2-6,11,13,16H,1H3,(H,14,15). The number of carbonyl (C=O) groups excluding carboxylic acids is 1. The maximum Gasteiger partial charge on any atom is 0.257 e. The number of rotatable bonds is 1. The van der Waals surface area contributed by atoms with Gasteiger partial charge < -0.3 is 4.98 Å². The molecule has 2 atom stereocenters. The molecule has 3 rings (SSSR count). The number of aromatic nitrogens is 1. The number of nitrogens with one attached hydrogen (secondary N) is 2. The van der Waals surface area contributed by atoms with E-state index in [9.17, 15) is 4.79 Å². The first-order chi connectivity index (χ1) is 8.22. The fraction of sp³-hybridized carbons (Fsp3) is 0.250. The first-order valence-corrected chi connectivity index (χ1v) is 6.31. The highest BCUT2D eigenvalue weighted by molar-refractivity contribution is 8.01. The molecule has 0 bridgehead atoms. The van der Waals surface area contributed by atoms with Crippen molar-refractivity contribution in [2.75, 3.05) is 0 Å². The van der Waals surface area contributed by atoms with E-state index in [1.165, 1.54) is 17.1 Å². The summed E-state index contributed by atoms with van der Waals surface area (Å²) in [5.74, 6) is -0.262. The zero-order chi connectivity index (χ0) is 12.0. The molecular weight excluding hydrogens is 236 g/mol. The molecule has 17 heavy (non-hydrogen) atoms. The van der Waals surface area contributed by atoms with Crippen molar-refractivity contribution in [1.29, 1.82) is 0 Å². The zero-order valence-corrected chi connectivity index (χ0v) is 10.0. The molecule has 1 aliphatic rings. The molecular formula is C12H12N2O2S. The van der Waals surface area contributed by atoms with Gasteiger partial charge >= 0.3 is 0 Å². The summed E-state index contributed by atoms with van der Waals surface area (Å²) < 4.78 is 0. The van der Waals surface area contributed by atoms with Crippen molar-refractivity contribution in [3.63, 3.8) is 0 Å². The van der Waals surface area contributed by atoms with Gasteiger partial charge in [0.2, 0.25) is 0 Å². The Morgan fingerprint density at radius 1 is 1.53 bits per heavy atom. The molecule has 2 unspecified atom stereocenters. The Balaban J connectivity index is 2.16. The molecule has 88 valence electrons. The molecule has 0 aliphatic carbocycles. The molecule has 4 nitrogen and oxygen atoms in total. The Labute approximate surface area is 102 Å². The summed E-state index contributed by atoms with van der Waals surface area (Å²) in [7, 11) is 0. The monoisotopic (exact) mass is 248 g/mol. The lowest BCUT2D eigenvalue weighted by molar-refractivity contribution is -0.128. The Bertz CT molecular complexity index is 593. The van der Waals surface area contributed by atoms with E-state index in [2.05, 4.69) is 4.98 Å². The average molecular weight is 248 g/mol. The summed E-state index contributed by atoms with van der Waals surface area (Å²) in [5.41, 5.74) is 3.99. The highest BCUT2D eigenvalue weighted by Gasteiger charge is 2.33. The molecule has 1 aliphatic heterocycles. The summed E-state index contributed by atoms with van der Waals surface area (Å²) >= 11 is 1.50. The van der Waals surface area contributed by atoms with Gasteiger partial charge in [-0.05, 0) is 17.7 Å². The number of carbonyl (C=O) groups is 1. The lowest BCUT2D eigenvalue weighted by Crippen LogP contribution is -2.34. The van der Waals surface area contributed by atoms with Crippen LogP contribution in [0.3, 0.4) is 0 Å². The van der Waals surface area contributed by atoms with Gasteiger partial charge in [0.1, 0.15) is 0 Å².